The molecule has 0 N–H and O–H groups in total. The Kier molecular flexibility index (Phi) is 11.1. The van der Waals surface area contributed by atoms with Gasteiger partial charge in [-0.2, -0.15) is 0 Å². The largest absolute Gasteiger partial charge is 0.367 e. The predicted molar refractivity (Wildman–Crippen MR) is 194 cm³/mol. The first-order valence-corrected chi connectivity index (χ1v) is 15.8. The molecule has 0 spiro atoms. The van der Waals surface area contributed by atoms with Gasteiger partial charge in [-0.3, -0.25) is 9.59 Å². The monoisotopic (exact) mass is 604 g/mol. The van der Waals surface area contributed by atoms with Crippen molar-refractivity contribution < 1.29 is 9.59 Å². The molecule has 0 atom stereocenters. The normalized spacial score (nSPS) is 11.2. The Hall–Kier alpha value is -5.48. The van der Waals surface area contributed by atoms with Crippen molar-refractivity contribution >= 4 is 48.3 Å². The molecule has 5 aromatic carbocycles. The number of carbonyl (C=O) groups excluding carboxylic acids is 2. The van der Waals surface area contributed by atoms with Crippen LogP contribution in [0.25, 0.3) is 24.3 Å². The maximum atomic E-state index is 10.9. The van der Waals surface area contributed by atoms with Gasteiger partial charge in [-0.15, -0.1) is 0 Å². The Balaban J connectivity index is 1.24. The lowest BCUT2D eigenvalue weighted by atomic mass is 10.0. The van der Waals surface area contributed by atoms with Crippen molar-refractivity contribution in [2.24, 2.45) is 0 Å². The van der Waals surface area contributed by atoms with Gasteiger partial charge in [-0.1, -0.05) is 121 Å². The van der Waals surface area contributed by atoms with Crippen LogP contribution >= 0.6 is 0 Å². The van der Waals surface area contributed by atoms with Gasteiger partial charge in [0.05, 0.1) is 0 Å². The number of nitrogens with zero attached hydrogens (tertiary/aromatic N) is 2. The third kappa shape index (κ3) is 8.58. The third-order valence-electron chi connectivity index (χ3n) is 8.20. The van der Waals surface area contributed by atoms with E-state index < -0.39 is 0 Å². The molecular formula is C42H40N2O2. The van der Waals surface area contributed by atoms with E-state index in [4.69, 9.17) is 0 Å². The fraction of sp³-hybridized carbons (Fsp3) is 0.143. The van der Waals surface area contributed by atoms with E-state index >= 15 is 0 Å². The standard InChI is InChI=1S/C42H40N2O2/c1-3-43(41-25-21-35(22-26-41)11-9-33-13-17-37(31-45)18-14-33)29-39-7-5-6-8-40(39)30-44(4-2)42-27-23-36(24-28-42)12-10-34-15-19-38(32-46)20-16-34/h5-28,31-32H,3-4,29-30H2,1-2H3/b11-9+,12-10+. The summed E-state index contributed by atoms with van der Waals surface area (Å²) in [6, 6.07) is 41.3. The molecule has 0 aliphatic rings. The molecule has 5 rings (SSSR count). The second-order valence-corrected chi connectivity index (χ2v) is 11.2. The van der Waals surface area contributed by atoms with Gasteiger partial charge < -0.3 is 9.80 Å². The van der Waals surface area contributed by atoms with Crippen molar-refractivity contribution in [3.63, 3.8) is 0 Å². The molecule has 0 fully saturated rings. The van der Waals surface area contributed by atoms with Gasteiger partial charge >= 0.3 is 0 Å². The van der Waals surface area contributed by atoms with E-state index in [1.54, 1.807) is 0 Å². The molecule has 0 radical (unpaired) electrons. The first kappa shape index (κ1) is 31.9. The zero-order valence-corrected chi connectivity index (χ0v) is 26.6. The van der Waals surface area contributed by atoms with Crippen molar-refractivity contribution in [3.8, 4) is 0 Å². The SMILES string of the molecule is CCN(Cc1ccccc1CN(CC)c1ccc(/C=C/c2ccc(C=O)cc2)cc1)c1ccc(/C=C/c2ccc(C=O)cc2)cc1. The van der Waals surface area contributed by atoms with Crippen LogP contribution in [0.1, 0.15) is 67.9 Å². The van der Waals surface area contributed by atoms with Crippen LogP contribution < -0.4 is 9.80 Å². The fourth-order valence-corrected chi connectivity index (χ4v) is 5.40. The summed E-state index contributed by atoms with van der Waals surface area (Å²) in [7, 11) is 0. The predicted octanol–water partition coefficient (Wildman–Crippen LogP) is 9.71. The van der Waals surface area contributed by atoms with Gasteiger partial charge in [-0.05, 0) is 71.5 Å². The highest BCUT2D eigenvalue weighted by Gasteiger charge is 2.12. The molecular weight excluding hydrogens is 564 g/mol. The zero-order valence-electron chi connectivity index (χ0n) is 26.6. The van der Waals surface area contributed by atoms with E-state index in [1.165, 1.54) is 22.5 Å². The Labute approximate surface area is 273 Å². The number of hydrogen-bond acceptors (Lipinski definition) is 4. The Morgan fingerprint density at radius 3 is 0.978 bits per heavy atom. The molecule has 0 saturated heterocycles. The summed E-state index contributed by atoms with van der Waals surface area (Å²) in [4.78, 5) is 26.6. The van der Waals surface area contributed by atoms with E-state index in [2.05, 4.69) is 121 Å². The molecule has 0 aliphatic carbocycles. The topological polar surface area (TPSA) is 40.6 Å². The maximum Gasteiger partial charge on any atom is 0.150 e. The number of anilines is 2. The number of hydrogen-bond donors (Lipinski definition) is 0. The van der Waals surface area contributed by atoms with E-state index in [-0.39, 0.29) is 0 Å². The van der Waals surface area contributed by atoms with Crippen LogP contribution in [0.3, 0.4) is 0 Å². The molecule has 0 aromatic heterocycles. The average Bonchev–Trinajstić information content (AvgIpc) is 3.12. The lowest BCUT2D eigenvalue weighted by Gasteiger charge is -2.28. The molecule has 0 unspecified atom stereocenters. The summed E-state index contributed by atoms with van der Waals surface area (Å²) >= 11 is 0. The van der Waals surface area contributed by atoms with E-state index in [0.29, 0.717) is 11.1 Å². The quantitative estimate of drug-likeness (QED) is 0.0935. The molecule has 0 heterocycles. The number of benzene rings is 5. The highest BCUT2D eigenvalue weighted by atomic mass is 16.1. The first-order chi connectivity index (χ1) is 22.6. The van der Waals surface area contributed by atoms with Crippen molar-refractivity contribution in [2.45, 2.75) is 26.9 Å². The molecule has 46 heavy (non-hydrogen) atoms. The summed E-state index contributed by atoms with van der Waals surface area (Å²) in [6.07, 6.45) is 10.1. The van der Waals surface area contributed by atoms with Gasteiger partial charge in [0, 0.05) is 48.7 Å². The zero-order chi connectivity index (χ0) is 32.1. The summed E-state index contributed by atoms with van der Waals surface area (Å²) in [5, 5.41) is 0. The molecule has 0 saturated carbocycles. The third-order valence-corrected chi connectivity index (χ3v) is 8.20. The molecule has 0 bridgehead atoms. The average molecular weight is 605 g/mol. The molecule has 4 nitrogen and oxygen atoms in total. The number of carbonyl (C=O) groups is 2. The minimum absolute atomic E-state index is 0.685. The van der Waals surface area contributed by atoms with E-state index in [1.807, 2.05) is 48.5 Å². The lowest BCUT2D eigenvalue weighted by Crippen LogP contribution is -2.26. The van der Waals surface area contributed by atoms with Crippen molar-refractivity contribution in [2.75, 3.05) is 22.9 Å². The summed E-state index contributed by atoms with van der Waals surface area (Å²) in [5.41, 5.74) is 10.8. The van der Waals surface area contributed by atoms with Crippen LogP contribution in [-0.4, -0.2) is 25.7 Å². The smallest absolute Gasteiger partial charge is 0.150 e. The first-order valence-electron chi connectivity index (χ1n) is 15.8. The van der Waals surface area contributed by atoms with Crippen LogP contribution in [0.4, 0.5) is 11.4 Å². The van der Waals surface area contributed by atoms with E-state index in [9.17, 15) is 9.59 Å². The van der Waals surface area contributed by atoms with Crippen molar-refractivity contribution in [1.29, 1.82) is 0 Å². The Morgan fingerprint density at radius 1 is 0.413 bits per heavy atom. The second-order valence-electron chi connectivity index (χ2n) is 11.2. The Morgan fingerprint density at radius 2 is 0.696 bits per heavy atom. The Bertz CT molecular complexity index is 1630. The minimum Gasteiger partial charge on any atom is -0.367 e. The molecule has 5 aromatic rings. The van der Waals surface area contributed by atoms with Gasteiger partial charge in [-0.25, -0.2) is 0 Å². The number of aldehydes is 2. The molecule has 0 aliphatic heterocycles. The van der Waals surface area contributed by atoms with Crippen molar-refractivity contribution in [1.82, 2.24) is 0 Å². The molecule has 0 amide bonds. The van der Waals surface area contributed by atoms with Crippen LogP contribution in [0, 0.1) is 0 Å². The molecule has 230 valence electrons. The highest BCUT2D eigenvalue weighted by Crippen LogP contribution is 2.24. The van der Waals surface area contributed by atoms with Gasteiger partial charge in [0.25, 0.3) is 0 Å². The lowest BCUT2D eigenvalue weighted by molar-refractivity contribution is 0.111. The minimum atomic E-state index is 0.685. The maximum absolute atomic E-state index is 10.9. The van der Waals surface area contributed by atoms with Crippen LogP contribution in [0.5, 0.6) is 0 Å². The van der Waals surface area contributed by atoms with Gasteiger partial charge in [0.2, 0.25) is 0 Å². The molecule has 4 heteroatoms. The fourth-order valence-electron chi connectivity index (χ4n) is 5.40. The highest BCUT2D eigenvalue weighted by molar-refractivity contribution is 5.78. The van der Waals surface area contributed by atoms with Gasteiger partial charge in [0.15, 0.2) is 0 Å². The van der Waals surface area contributed by atoms with Crippen LogP contribution in [-0.2, 0) is 13.1 Å². The number of rotatable bonds is 14. The van der Waals surface area contributed by atoms with E-state index in [0.717, 1.165) is 61.0 Å². The summed E-state index contributed by atoms with van der Waals surface area (Å²) < 4.78 is 0. The van der Waals surface area contributed by atoms with Crippen LogP contribution in [0.15, 0.2) is 121 Å². The summed E-state index contributed by atoms with van der Waals surface area (Å²) in [5.74, 6) is 0. The van der Waals surface area contributed by atoms with Crippen LogP contribution in [0.2, 0.25) is 0 Å². The van der Waals surface area contributed by atoms with Gasteiger partial charge in [0.1, 0.15) is 12.6 Å². The van der Waals surface area contributed by atoms with Crippen molar-refractivity contribution in [3.05, 3.63) is 166 Å². The second kappa shape index (κ2) is 16.0. The summed E-state index contributed by atoms with van der Waals surface area (Å²) in [6.45, 7) is 7.88.